The molecule has 102 valence electrons. The molecule has 17 heavy (non-hydrogen) atoms. The highest BCUT2D eigenvalue weighted by Gasteiger charge is 2.24. The van der Waals surface area contributed by atoms with Crippen LogP contribution >= 0.6 is 0 Å². The van der Waals surface area contributed by atoms with Gasteiger partial charge in [-0.05, 0) is 46.1 Å². The van der Waals surface area contributed by atoms with Crippen molar-refractivity contribution in [3.63, 3.8) is 0 Å². The van der Waals surface area contributed by atoms with Crippen LogP contribution in [0.2, 0.25) is 0 Å². The lowest BCUT2D eigenvalue weighted by molar-refractivity contribution is -0.0230. The first-order chi connectivity index (χ1) is 8.03. The van der Waals surface area contributed by atoms with Gasteiger partial charge < -0.3 is 10.1 Å². The van der Waals surface area contributed by atoms with Crippen molar-refractivity contribution < 1.29 is 4.74 Å². The van der Waals surface area contributed by atoms with Gasteiger partial charge in [0.1, 0.15) is 0 Å². The van der Waals surface area contributed by atoms with Crippen LogP contribution in [0.1, 0.15) is 66.2 Å². The van der Waals surface area contributed by atoms with Crippen LogP contribution in [-0.2, 0) is 4.74 Å². The van der Waals surface area contributed by atoms with Gasteiger partial charge in [0, 0.05) is 6.04 Å². The van der Waals surface area contributed by atoms with E-state index in [1.165, 1.54) is 38.5 Å². The summed E-state index contributed by atoms with van der Waals surface area (Å²) in [5.74, 6) is 0.819. The summed E-state index contributed by atoms with van der Waals surface area (Å²) < 4.78 is 5.98. The molecule has 1 rings (SSSR count). The zero-order valence-electron chi connectivity index (χ0n) is 12.2. The first-order valence-corrected chi connectivity index (χ1v) is 7.40. The number of ether oxygens (including phenoxy) is 1. The van der Waals surface area contributed by atoms with Crippen LogP contribution in [0.15, 0.2) is 0 Å². The molecule has 2 heteroatoms. The van der Waals surface area contributed by atoms with Gasteiger partial charge in [0.25, 0.3) is 0 Å². The van der Waals surface area contributed by atoms with Gasteiger partial charge in [-0.1, -0.05) is 32.6 Å². The minimum Gasteiger partial charge on any atom is -0.374 e. The van der Waals surface area contributed by atoms with Gasteiger partial charge in [-0.2, -0.15) is 0 Å². The second kappa shape index (κ2) is 7.38. The van der Waals surface area contributed by atoms with Gasteiger partial charge in [0.05, 0.1) is 12.2 Å². The Morgan fingerprint density at radius 1 is 1.12 bits per heavy atom. The van der Waals surface area contributed by atoms with E-state index < -0.39 is 0 Å². The maximum atomic E-state index is 5.98. The minimum absolute atomic E-state index is 0.0155. The van der Waals surface area contributed by atoms with E-state index >= 15 is 0 Å². The molecule has 1 atom stereocenters. The van der Waals surface area contributed by atoms with Crippen molar-refractivity contribution in [1.29, 1.82) is 0 Å². The Bertz CT molecular complexity index is 190. The van der Waals surface area contributed by atoms with Crippen molar-refractivity contribution >= 4 is 0 Å². The molecule has 2 nitrogen and oxygen atoms in total. The third kappa shape index (κ3) is 6.42. The number of rotatable bonds is 5. The lowest BCUT2D eigenvalue weighted by atomic mass is 9.92. The predicted octanol–water partition coefficient (Wildman–Crippen LogP) is 3.75. The van der Waals surface area contributed by atoms with Crippen molar-refractivity contribution in [2.24, 2.45) is 5.92 Å². The van der Waals surface area contributed by atoms with Crippen LogP contribution in [0.3, 0.4) is 0 Å². The molecule has 0 aromatic carbocycles. The second-order valence-electron chi connectivity index (χ2n) is 6.34. The van der Waals surface area contributed by atoms with Crippen molar-refractivity contribution in [2.75, 3.05) is 13.2 Å². The molecule has 0 saturated heterocycles. The molecular weight excluding hydrogens is 210 g/mol. The Labute approximate surface area is 108 Å². The third-order valence-electron chi connectivity index (χ3n) is 3.63. The van der Waals surface area contributed by atoms with Gasteiger partial charge >= 0.3 is 0 Å². The molecule has 0 spiro atoms. The van der Waals surface area contributed by atoms with E-state index in [0.29, 0.717) is 6.04 Å². The SMILES string of the molecule is CCNC(COC(C)(C)C)C1CCCCCC1. The van der Waals surface area contributed by atoms with E-state index in [1.54, 1.807) is 0 Å². The molecule has 1 unspecified atom stereocenters. The molecule has 1 saturated carbocycles. The van der Waals surface area contributed by atoms with E-state index in [2.05, 4.69) is 33.0 Å². The Hall–Kier alpha value is -0.0800. The fourth-order valence-electron chi connectivity index (χ4n) is 2.68. The second-order valence-corrected chi connectivity index (χ2v) is 6.34. The molecule has 1 aliphatic carbocycles. The fourth-order valence-corrected chi connectivity index (χ4v) is 2.68. The molecule has 0 amide bonds. The van der Waals surface area contributed by atoms with Gasteiger partial charge in [-0.15, -0.1) is 0 Å². The predicted molar refractivity (Wildman–Crippen MR) is 74.4 cm³/mol. The molecular formula is C15H31NO. The summed E-state index contributed by atoms with van der Waals surface area (Å²) in [6, 6.07) is 0.553. The Morgan fingerprint density at radius 3 is 2.18 bits per heavy atom. The maximum Gasteiger partial charge on any atom is 0.0629 e. The van der Waals surface area contributed by atoms with Crippen LogP contribution in [0.5, 0.6) is 0 Å². The molecule has 0 heterocycles. The maximum absolute atomic E-state index is 5.98. The van der Waals surface area contributed by atoms with Crippen molar-refractivity contribution in [2.45, 2.75) is 77.9 Å². The highest BCUT2D eigenvalue weighted by Crippen LogP contribution is 2.26. The number of likely N-dealkylation sites (N-methyl/N-ethyl adjacent to an activating group) is 1. The zero-order valence-corrected chi connectivity index (χ0v) is 12.2. The molecule has 0 aromatic heterocycles. The van der Waals surface area contributed by atoms with E-state index in [-0.39, 0.29) is 5.60 Å². The first-order valence-electron chi connectivity index (χ1n) is 7.40. The summed E-state index contributed by atoms with van der Waals surface area (Å²) in [6.45, 7) is 10.5. The number of nitrogens with one attached hydrogen (secondary N) is 1. The Balaban J connectivity index is 2.44. The van der Waals surface area contributed by atoms with Crippen molar-refractivity contribution in [3.05, 3.63) is 0 Å². The van der Waals surface area contributed by atoms with E-state index in [9.17, 15) is 0 Å². The fraction of sp³-hybridized carbons (Fsp3) is 1.00. The van der Waals surface area contributed by atoms with E-state index in [4.69, 9.17) is 4.74 Å². The summed E-state index contributed by atoms with van der Waals surface area (Å²) in [7, 11) is 0. The third-order valence-corrected chi connectivity index (χ3v) is 3.63. The largest absolute Gasteiger partial charge is 0.374 e. The molecule has 1 fully saturated rings. The molecule has 1 aliphatic rings. The average molecular weight is 241 g/mol. The van der Waals surface area contributed by atoms with Crippen LogP contribution in [-0.4, -0.2) is 24.8 Å². The first kappa shape index (κ1) is 15.0. The summed E-state index contributed by atoms with van der Waals surface area (Å²) in [5.41, 5.74) is -0.0155. The Kier molecular flexibility index (Phi) is 6.50. The minimum atomic E-state index is -0.0155. The number of hydrogen-bond donors (Lipinski definition) is 1. The topological polar surface area (TPSA) is 21.3 Å². The highest BCUT2D eigenvalue weighted by molar-refractivity contribution is 4.79. The van der Waals surface area contributed by atoms with Gasteiger partial charge in [0.2, 0.25) is 0 Å². The summed E-state index contributed by atoms with van der Waals surface area (Å²) in [6.07, 6.45) is 8.42. The van der Waals surface area contributed by atoms with Gasteiger partial charge in [0.15, 0.2) is 0 Å². The van der Waals surface area contributed by atoms with E-state index in [0.717, 1.165) is 19.1 Å². The molecule has 0 bridgehead atoms. The molecule has 0 aromatic rings. The average Bonchev–Trinajstić information content (AvgIpc) is 2.51. The normalized spacial score (nSPS) is 21.2. The molecule has 0 aliphatic heterocycles. The highest BCUT2D eigenvalue weighted by atomic mass is 16.5. The summed E-state index contributed by atoms with van der Waals surface area (Å²) in [5, 5.41) is 3.63. The van der Waals surface area contributed by atoms with E-state index in [1.807, 2.05) is 0 Å². The Morgan fingerprint density at radius 2 is 1.71 bits per heavy atom. The molecule has 0 radical (unpaired) electrons. The zero-order chi connectivity index (χ0) is 12.7. The number of hydrogen-bond acceptors (Lipinski definition) is 2. The lowest BCUT2D eigenvalue weighted by Crippen LogP contribution is -2.42. The van der Waals surface area contributed by atoms with Gasteiger partial charge in [-0.3, -0.25) is 0 Å². The molecule has 1 N–H and O–H groups in total. The van der Waals surface area contributed by atoms with Crippen LogP contribution < -0.4 is 5.32 Å². The quantitative estimate of drug-likeness (QED) is 0.740. The smallest absolute Gasteiger partial charge is 0.0629 e. The lowest BCUT2D eigenvalue weighted by Gasteiger charge is -2.30. The summed E-state index contributed by atoms with van der Waals surface area (Å²) >= 11 is 0. The standard InChI is InChI=1S/C15H31NO/c1-5-16-14(12-17-15(2,3)4)13-10-8-6-7-9-11-13/h13-14,16H,5-12H2,1-4H3. The van der Waals surface area contributed by atoms with Crippen molar-refractivity contribution in [3.8, 4) is 0 Å². The van der Waals surface area contributed by atoms with Crippen LogP contribution in [0, 0.1) is 5.92 Å². The van der Waals surface area contributed by atoms with Crippen LogP contribution in [0.25, 0.3) is 0 Å². The monoisotopic (exact) mass is 241 g/mol. The summed E-state index contributed by atoms with van der Waals surface area (Å²) in [4.78, 5) is 0. The van der Waals surface area contributed by atoms with Crippen molar-refractivity contribution in [1.82, 2.24) is 5.32 Å². The van der Waals surface area contributed by atoms with Gasteiger partial charge in [-0.25, -0.2) is 0 Å². The van der Waals surface area contributed by atoms with Crippen LogP contribution in [0.4, 0.5) is 0 Å².